The van der Waals surface area contributed by atoms with Crippen LogP contribution in [0.5, 0.6) is 0 Å². The highest BCUT2D eigenvalue weighted by molar-refractivity contribution is 5.42. The van der Waals surface area contributed by atoms with Gasteiger partial charge in [0, 0.05) is 24.2 Å². The number of aryl methyl sites for hydroxylation is 1. The van der Waals surface area contributed by atoms with Crippen molar-refractivity contribution in [3.8, 4) is 0 Å². The molecule has 15 heavy (non-hydrogen) atoms. The number of hydrogen-bond donors (Lipinski definition) is 1. The van der Waals surface area contributed by atoms with Gasteiger partial charge >= 0.3 is 0 Å². The van der Waals surface area contributed by atoms with Crippen molar-refractivity contribution in [2.45, 2.75) is 32.4 Å². The zero-order chi connectivity index (χ0) is 10.8. The molecule has 0 aliphatic heterocycles. The van der Waals surface area contributed by atoms with Crippen LogP contribution in [0, 0.1) is 17.0 Å². The van der Waals surface area contributed by atoms with Crippen LogP contribution in [0.15, 0.2) is 18.2 Å². The van der Waals surface area contributed by atoms with Crippen molar-refractivity contribution in [1.82, 2.24) is 5.32 Å². The second-order valence-electron chi connectivity index (χ2n) is 4.03. The maximum Gasteiger partial charge on any atom is 0.272 e. The van der Waals surface area contributed by atoms with Gasteiger partial charge in [0.15, 0.2) is 0 Å². The molecule has 0 atom stereocenters. The number of hydrogen-bond acceptors (Lipinski definition) is 3. The highest BCUT2D eigenvalue weighted by atomic mass is 16.6. The van der Waals surface area contributed by atoms with E-state index in [1.54, 1.807) is 13.0 Å². The molecule has 0 heterocycles. The minimum absolute atomic E-state index is 0.213. The van der Waals surface area contributed by atoms with E-state index >= 15 is 0 Å². The fraction of sp³-hybridized carbons (Fsp3) is 0.455. The first-order valence-corrected chi connectivity index (χ1v) is 5.14. The Morgan fingerprint density at radius 2 is 2.27 bits per heavy atom. The standard InChI is InChI=1S/C11H14N2O2/c1-8-2-3-9(6-11(8)13(14)15)7-12-10-4-5-10/h2-3,6,10,12H,4-5,7H2,1H3. The van der Waals surface area contributed by atoms with Gasteiger partial charge in [-0.05, 0) is 25.3 Å². The monoisotopic (exact) mass is 206 g/mol. The van der Waals surface area contributed by atoms with Gasteiger partial charge in [-0.25, -0.2) is 0 Å². The molecule has 0 amide bonds. The molecule has 80 valence electrons. The van der Waals surface area contributed by atoms with Gasteiger partial charge in [0.2, 0.25) is 0 Å². The predicted molar refractivity (Wildman–Crippen MR) is 57.7 cm³/mol. The molecule has 1 saturated carbocycles. The Kier molecular flexibility index (Phi) is 2.68. The Morgan fingerprint density at radius 1 is 1.53 bits per heavy atom. The van der Waals surface area contributed by atoms with E-state index in [9.17, 15) is 10.1 Å². The van der Waals surface area contributed by atoms with Crippen LogP contribution in [-0.2, 0) is 6.54 Å². The van der Waals surface area contributed by atoms with Crippen molar-refractivity contribution < 1.29 is 4.92 Å². The summed E-state index contributed by atoms with van der Waals surface area (Å²) in [6, 6.07) is 6.04. The molecule has 4 heteroatoms. The summed E-state index contributed by atoms with van der Waals surface area (Å²) in [6.45, 7) is 2.49. The molecule has 0 radical (unpaired) electrons. The largest absolute Gasteiger partial charge is 0.310 e. The van der Waals surface area contributed by atoms with Gasteiger partial charge in [-0.1, -0.05) is 12.1 Å². The van der Waals surface area contributed by atoms with E-state index in [2.05, 4.69) is 5.32 Å². The lowest BCUT2D eigenvalue weighted by Crippen LogP contribution is -2.15. The van der Waals surface area contributed by atoms with Gasteiger partial charge < -0.3 is 5.32 Å². The number of benzene rings is 1. The Bertz CT molecular complexity index is 386. The Hall–Kier alpha value is -1.42. The number of nitrogens with zero attached hydrogens (tertiary/aromatic N) is 1. The number of nitro benzene ring substituents is 1. The van der Waals surface area contributed by atoms with E-state index < -0.39 is 0 Å². The molecule has 1 aliphatic carbocycles. The van der Waals surface area contributed by atoms with Crippen LogP contribution in [0.4, 0.5) is 5.69 Å². The maximum absolute atomic E-state index is 10.7. The summed E-state index contributed by atoms with van der Waals surface area (Å²) in [5.74, 6) is 0. The predicted octanol–water partition coefficient (Wildman–Crippen LogP) is 2.16. The highest BCUT2D eigenvalue weighted by Gasteiger charge is 2.20. The van der Waals surface area contributed by atoms with E-state index in [1.807, 2.05) is 12.1 Å². The lowest BCUT2D eigenvalue weighted by Gasteiger charge is -2.04. The van der Waals surface area contributed by atoms with Crippen molar-refractivity contribution >= 4 is 5.69 Å². The van der Waals surface area contributed by atoms with E-state index in [-0.39, 0.29) is 10.6 Å². The number of rotatable bonds is 4. The summed E-state index contributed by atoms with van der Waals surface area (Å²) in [5, 5.41) is 14.0. The second-order valence-corrected chi connectivity index (χ2v) is 4.03. The van der Waals surface area contributed by atoms with Crippen molar-refractivity contribution in [3.05, 3.63) is 39.4 Å². The fourth-order valence-electron chi connectivity index (χ4n) is 1.51. The molecular weight excluding hydrogens is 192 g/mol. The molecule has 0 aromatic heterocycles. The molecule has 1 N–H and O–H groups in total. The first kappa shape index (κ1) is 10.1. The summed E-state index contributed by atoms with van der Waals surface area (Å²) in [6.07, 6.45) is 2.46. The van der Waals surface area contributed by atoms with Crippen molar-refractivity contribution in [1.29, 1.82) is 0 Å². The van der Waals surface area contributed by atoms with E-state index in [4.69, 9.17) is 0 Å². The first-order chi connectivity index (χ1) is 7.16. The van der Waals surface area contributed by atoms with Gasteiger partial charge in [0.05, 0.1) is 4.92 Å². The zero-order valence-electron chi connectivity index (χ0n) is 8.69. The fourth-order valence-corrected chi connectivity index (χ4v) is 1.51. The molecule has 1 aromatic rings. The summed E-state index contributed by atoms with van der Waals surface area (Å²) < 4.78 is 0. The average Bonchev–Trinajstić information content (AvgIpc) is 3.00. The molecule has 2 rings (SSSR count). The van der Waals surface area contributed by atoms with E-state index in [0.717, 1.165) is 17.7 Å². The van der Waals surface area contributed by atoms with Crippen LogP contribution in [0.2, 0.25) is 0 Å². The Morgan fingerprint density at radius 3 is 2.87 bits per heavy atom. The van der Waals surface area contributed by atoms with Gasteiger partial charge in [0.25, 0.3) is 5.69 Å². The van der Waals surface area contributed by atoms with Gasteiger partial charge in [-0.3, -0.25) is 10.1 Å². The minimum atomic E-state index is -0.323. The topological polar surface area (TPSA) is 55.2 Å². The minimum Gasteiger partial charge on any atom is -0.310 e. The van der Waals surface area contributed by atoms with Crippen LogP contribution in [-0.4, -0.2) is 11.0 Å². The van der Waals surface area contributed by atoms with Crippen molar-refractivity contribution in [3.63, 3.8) is 0 Å². The number of nitrogens with one attached hydrogen (secondary N) is 1. The van der Waals surface area contributed by atoms with Crippen LogP contribution in [0.25, 0.3) is 0 Å². The van der Waals surface area contributed by atoms with Crippen molar-refractivity contribution in [2.75, 3.05) is 0 Å². The molecule has 0 spiro atoms. The molecule has 0 saturated heterocycles. The molecule has 1 aromatic carbocycles. The summed E-state index contributed by atoms with van der Waals surface area (Å²) in [4.78, 5) is 10.4. The van der Waals surface area contributed by atoms with Crippen molar-refractivity contribution in [2.24, 2.45) is 0 Å². The van der Waals surface area contributed by atoms with Gasteiger partial charge in [0.1, 0.15) is 0 Å². The van der Waals surface area contributed by atoms with Gasteiger partial charge in [-0.2, -0.15) is 0 Å². The molecule has 4 nitrogen and oxygen atoms in total. The maximum atomic E-state index is 10.7. The summed E-state index contributed by atoms with van der Waals surface area (Å²) in [7, 11) is 0. The van der Waals surface area contributed by atoms with Crippen LogP contribution in [0.3, 0.4) is 0 Å². The molecular formula is C11H14N2O2. The third kappa shape index (κ3) is 2.53. The SMILES string of the molecule is Cc1ccc(CNC2CC2)cc1[N+](=O)[O-]. The lowest BCUT2D eigenvalue weighted by atomic mass is 10.1. The van der Waals surface area contributed by atoms with Crippen LogP contribution in [0.1, 0.15) is 24.0 Å². The number of nitro groups is 1. The Balaban J connectivity index is 2.10. The molecule has 1 aliphatic rings. The second kappa shape index (κ2) is 3.98. The molecule has 1 fully saturated rings. The summed E-state index contributed by atoms with van der Waals surface area (Å²) >= 11 is 0. The van der Waals surface area contributed by atoms with Crippen LogP contribution < -0.4 is 5.32 Å². The first-order valence-electron chi connectivity index (χ1n) is 5.14. The lowest BCUT2D eigenvalue weighted by molar-refractivity contribution is -0.385. The van der Waals surface area contributed by atoms with E-state index in [0.29, 0.717) is 6.04 Å². The van der Waals surface area contributed by atoms with Gasteiger partial charge in [-0.15, -0.1) is 0 Å². The average molecular weight is 206 g/mol. The highest BCUT2D eigenvalue weighted by Crippen LogP contribution is 2.22. The third-order valence-electron chi connectivity index (χ3n) is 2.64. The quantitative estimate of drug-likeness (QED) is 0.606. The smallest absolute Gasteiger partial charge is 0.272 e. The summed E-state index contributed by atoms with van der Waals surface area (Å²) in [5.41, 5.74) is 1.92. The van der Waals surface area contributed by atoms with E-state index in [1.165, 1.54) is 12.8 Å². The Labute approximate surface area is 88.5 Å². The normalized spacial score (nSPS) is 15.3. The molecule has 0 unspecified atom stereocenters. The third-order valence-corrected chi connectivity index (χ3v) is 2.64. The zero-order valence-corrected chi connectivity index (χ0v) is 8.69. The molecule has 0 bridgehead atoms. The van der Waals surface area contributed by atoms with Crippen LogP contribution >= 0.6 is 0 Å².